The Morgan fingerprint density at radius 3 is 2.00 bits per heavy atom. The first-order chi connectivity index (χ1) is 18.6. The van der Waals surface area contributed by atoms with Crippen molar-refractivity contribution in [2.45, 2.75) is 62.1 Å². The lowest BCUT2D eigenvalue weighted by Crippen LogP contribution is -2.33. The van der Waals surface area contributed by atoms with Gasteiger partial charge in [0.25, 0.3) is 3.79 Å². The molecule has 0 fully saturated rings. The number of carbonyl (C=O) groups excluding carboxylic acids is 2. The van der Waals surface area contributed by atoms with E-state index in [1.807, 2.05) is 67.6 Å². The maximum absolute atomic E-state index is 13.5. The Morgan fingerprint density at radius 1 is 0.872 bits per heavy atom. The predicted octanol–water partition coefficient (Wildman–Crippen LogP) is 8.21. The van der Waals surface area contributed by atoms with Crippen LogP contribution in [0.4, 0.5) is 0 Å². The smallest absolute Gasteiger partial charge is 0.359 e. The van der Waals surface area contributed by atoms with Crippen LogP contribution in [0, 0.1) is 12.8 Å². The Labute approximate surface area is 243 Å². The van der Waals surface area contributed by atoms with Crippen LogP contribution in [0.25, 0.3) is 0 Å². The van der Waals surface area contributed by atoms with E-state index < -0.39 is 15.9 Å². The van der Waals surface area contributed by atoms with Gasteiger partial charge < -0.3 is 14.2 Å². The molecule has 3 aromatic carbocycles. The monoisotopic (exact) mass is 586 g/mol. The van der Waals surface area contributed by atoms with E-state index >= 15 is 0 Å². The summed E-state index contributed by atoms with van der Waals surface area (Å²) in [6.45, 7) is 4.51. The van der Waals surface area contributed by atoms with Gasteiger partial charge in [0, 0.05) is 23.1 Å². The Morgan fingerprint density at radius 2 is 1.44 bits per heavy atom. The van der Waals surface area contributed by atoms with Crippen LogP contribution in [0.5, 0.6) is 11.5 Å². The normalized spacial score (nSPS) is 20.2. The number of ketones is 1. The Bertz CT molecular complexity index is 1370. The highest BCUT2D eigenvalue weighted by molar-refractivity contribution is 6.75. The fourth-order valence-corrected chi connectivity index (χ4v) is 5.88. The molecule has 0 N–H and O–H groups in total. The van der Waals surface area contributed by atoms with Crippen molar-refractivity contribution in [2.24, 2.45) is 5.92 Å². The van der Waals surface area contributed by atoms with Gasteiger partial charge in [0.05, 0.1) is 0 Å². The predicted molar refractivity (Wildman–Crippen MR) is 152 cm³/mol. The van der Waals surface area contributed by atoms with Gasteiger partial charge in [-0.05, 0) is 48.3 Å². The molecular formula is C31H29Cl3O5. The zero-order chi connectivity index (χ0) is 27.7. The first kappa shape index (κ1) is 27.8. The molecule has 8 heteroatoms. The standard InChI is InChI=1S/C31H29Cl3O5/c1-18-15-23(35)25-19(2)28(37-16-20-9-5-3-6-10-20)29(38-17-21-11-7-4-8-12-21)27-24(14-13-22(18)26(25)27)39-30(36)31(32,33)34/h3-12,18,22,24H,13-17H2,1-2H3/t18-,22+,24+/m0/s1. The third-order valence-corrected chi connectivity index (χ3v) is 8.03. The summed E-state index contributed by atoms with van der Waals surface area (Å²) >= 11 is 17.6. The molecule has 3 atom stereocenters. The van der Waals surface area contributed by atoms with Gasteiger partial charge in [0.2, 0.25) is 0 Å². The van der Waals surface area contributed by atoms with Gasteiger partial charge in [0.1, 0.15) is 19.3 Å². The molecular weight excluding hydrogens is 559 g/mol. The summed E-state index contributed by atoms with van der Waals surface area (Å²) in [6, 6.07) is 19.5. The molecule has 0 bridgehead atoms. The molecule has 5 nitrogen and oxygen atoms in total. The van der Waals surface area contributed by atoms with Crippen molar-refractivity contribution in [2.75, 3.05) is 0 Å². The highest BCUT2D eigenvalue weighted by Gasteiger charge is 2.45. The zero-order valence-electron chi connectivity index (χ0n) is 21.7. The number of ether oxygens (including phenoxy) is 3. The number of halogens is 3. The Hall–Kier alpha value is -2.73. The minimum absolute atomic E-state index is 0.0417. The molecule has 2 aliphatic carbocycles. The van der Waals surface area contributed by atoms with E-state index in [0.717, 1.165) is 28.7 Å². The average Bonchev–Trinajstić information content (AvgIpc) is 2.91. The second-order valence-corrected chi connectivity index (χ2v) is 12.5. The number of benzene rings is 3. The molecule has 0 aliphatic heterocycles. The Kier molecular flexibility index (Phi) is 8.14. The lowest BCUT2D eigenvalue weighted by atomic mass is 9.66. The number of Topliss-reactive ketones (excluding diaryl/α,β-unsaturated/α-hetero) is 1. The lowest BCUT2D eigenvalue weighted by molar-refractivity contribution is -0.149. The summed E-state index contributed by atoms with van der Waals surface area (Å²) < 4.78 is 16.5. The van der Waals surface area contributed by atoms with E-state index in [1.165, 1.54) is 0 Å². The summed E-state index contributed by atoms with van der Waals surface area (Å²) in [5.41, 5.74) is 4.77. The third-order valence-electron chi connectivity index (χ3n) is 7.56. The molecule has 39 heavy (non-hydrogen) atoms. The van der Waals surface area contributed by atoms with Crippen molar-refractivity contribution in [3.05, 3.63) is 94.0 Å². The minimum Gasteiger partial charge on any atom is -0.485 e. The van der Waals surface area contributed by atoms with Crippen LogP contribution >= 0.6 is 34.8 Å². The van der Waals surface area contributed by atoms with Crippen molar-refractivity contribution in [3.63, 3.8) is 0 Å². The minimum atomic E-state index is -2.23. The van der Waals surface area contributed by atoms with Crippen LogP contribution in [0.2, 0.25) is 0 Å². The molecule has 0 radical (unpaired) electrons. The van der Waals surface area contributed by atoms with E-state index in [4.69, 9.17) is 49.0 Å². The topological polar surface area (TPSA) is 61.8 Å². The summed E-state index contributed by atoms with van der Waals surface area (Å²) in [5.74, 6) is 0.227. The van der Waals surface area contributed by atoms with E-state index in [-0.39, 0.29) is 30.8 Å². The van der Waals surface area contributed by atoms with Gasteiger partial charge in [-0.1, -0.05) is 102 Å². The van der Waals surface area contributed by atoms with Crippen molar-refractivity contribution in [1.29, 1.82) is 0 Å². The van der Waals surface area contributed by atoms with Crippen molar-refractivity contribution in [3.8, 4) is 11.5 Å². The Balaban J connectivity index is 1.67. The van der Waals surface area contributed by atoms with E-state index in [1.54, 1.807) is 0 Å². The number of rotatable bonds is 7. The lowest BCUT2D eigenvalue weighted by Gasteiger charge is -2.41. The quantitative estimate of drug-likeness (QED) is 0.206. The number of alkyl halides is 3. The van der Waals surface area contributed by atoms with Crippen molar-refractivity contribution >= 4 is 46.6 Å². The first-order valence-corrected chi connectivity index (χ1v) is 14.1. The summed E-state index contributed by atoms with van der Waals surface area (Å²) in [4.78, 5) is 26.2. The zero-order valence-corrected chi connectivity index (χ0v) is 24.0. The maximum atomic E-state index is 13.5. The van der Waals surface area contributed by atoms with Crippen molar-refractivity contribution < 1.29 is 23.8 Å². The van der Waals surface area contributed by atoms with Gasteiger partial charge in [-0.3, -0.25) is 4.79 Å². The molecule has 0 spiro atoms. The molecule has 2 aliphatic rings. The van der Waals surface area contributed by atoms with Crippen LogP contribution < -0.4 is 9.47 Å². The second kappa shape index (κ2) is 11.4. The van der Waals surface area contributed by atoms with Gasteiger partial charge in [-0.15, -0.1) is 0 Å². The van der Waals surface area contributed by atoms with Gasteiger partial charge >= 0.3 is 5.97 Å². The average molecular weight is 588 g/mol. The van der Waals surface area contributed by atoms with Gasteiger partial charge in [-0.2, -0.15) is 0 Å². The van der Waals surface area contributed by atoms with Gasteiger partial charge in [0.15, 0.2) is 17.3 Å². The number of carbonyl (C=O) groups is 2. The third kappa shape index (κ3) is 5.77. The molecule has 5 rings (SSSR count). The molecule has 0 aromatic heterocycles. The summed E-state index contributed by atoms with van der Waals surface area (Å²) in [7, 11) is 0. The SMILES string of the molecule is Cc1c(OCc2ccccc2)c(OCc2ccccc2)c2c3c1C(=O)C[C@H](C)[C@H]3CC[C@H]2OC(=O)C(Cl)(Cl)Cl. The number of esters is 1. The molecule has 0 heterocycles. The highest BCUT2D eigenvalue weighted by Crippen LogP contribution is 2.56. The van der Waals surface area contributed by atoms with Crippen LogP contribution in [0.15, 0.2) is 60.7 Å². The van der Waals surface area contributed by atoms with Crippen LogP contribution in [0.1, 0.15) is 76.4 Å². The van der Waals surface area contributed by atoms with Crippen molar-refractivity contribution in [1.82, 2.24) is 0 Å². The molecule has 3 aromatic rings. The largest absolute Gasteiger partial charge is 0.485 e. The van der Waals surface area contributed by atoms with Crippen LogP contribution in [-0.2, 0) is 22.7 Å². The van der Waals surface area contributed by atoms with E-state index in [0.29, 0.717) is 35.5 Å². The first-order valence-electron chi connectivity index (χ1n) is 13.0. The molecule has 204 valence electrons. The number of hydrogen-bond donors (Lipinski definition) is 0. The molecule has 0 unspecified atom stereocenters. The van der Waals surface area contributed by atoms with Crippen LogP contribution in [-0.4, -0.2) is 15.5 Å². The second-order valence-electron chi connectivity index (χ2n) is 10.2. The maximum Gasteiger partial charge on any atom is 0.359 e. The van der Waals surface area contributed by atoms with Crippen LogP contribution in [0.3, 0.4) is 0 Å². The fraction of sp³-hybridized carbons (Fsp3) is 0.355. The molecule has 0 saturated heterocycles. The molecule has 0 saturated carbocycles. The van der Waals surface area contributed by atoms with Gasteiger partial charge in [-0.25, -0.2) is 4.79 Å². The molecule has 0 amide bonds. The fourth-order valence-electron chi connectivity index (χ4n) is 5.75. The van der Waals surface area contributed by atoms with E-state index in [2.05, 4.69) is 6.92 Å². The summed E-state index contributed by atoms with van der Waals surface area (Å²) in [5, 5.41) is 0. The van der Waals surface area contributed by atoms with E-state index in [9.17, 15) is 9.59 Å². The number of hydrogen-bond acceptors (Lipinski definition) is 5. The summed E-state index contributed by atoms with van der Waals surface area (Å²) in [6.07, 6.45) is 0.916. The highest BCUT2D eigenvalue weighted by atomic mass is 35.6.